The van der Waals surface area contributed by atoms with Gasteiger partial charge in [-0.15, -0.1) is 0 Å². The fourth-order valence-corrected chi connectivity index (χ4v) is 2.36. The van der Waals surface area contributed by atoms with Gasteiger partial charge in [0.2, 0.25) is 0 Å². The minimum absolute atomic E-state index is 0.0193. The molecule has 1 saturated heterocycles. The van der Waals surface area contributed by atoms with Gasteiger partial charge in [0.1, 0.15) is 0 Å². The van der Waals surface area contributed by atoms with Crippen LogP contribution in [0, 0.1) is 0 Å². The molecular weight excluding hydrogens is 302 g/mol. The first-order valence-corrected chi connectivity index (χ1v) is 6.72. The van der Waals surface area contributed by atoms with Gasteiger partial charge < -0.3 is 4.74 Å². The van der Waals surface area contributed by atoms with Crippen LogP contribution in [0.25, 0.3) is 0 Å². The number of nitrogens with zero attached hydrogens (tertiary/aromatic N) is 2. The highest BCUT2D eigenvalue weighted by atomic mass is 79.9. The molecule has 0 aromatic carbocycles. The molecule has 100 valence electrons. The summed E-state index contributed by atoms with van der Waals surface area (Å²) in [6.45, 7) is 5.94. The minimum Gasteiger partial charge on any atom is -0.374 e. The zero-order valence-corrected chi connectivity index (χ0v) is 11.8. The summed E-state index contributed by atoms with van der Waals surface area (Å²) in [5.74, 6) is 0. The van der Waals surface area contributed by atoms with Gasteiger partial charge in [-0.05, 0) is 22.5 Å². The molecule has 0 bridgehead atoms. The van der Waals surface area contributed by atoms with E-state index in [1.165, 1.54) is 10.8 Å². The third kappa shape index (κ3) is 3.09. The summed E-state index contributed by atoms with van der Waals surface area (Å²) in [5, 5.41) is 0. The molecule has 1 aliphatic rings. The van der Waals surface area contributed by atoms with E-state index in [-0.39, 0.29) is 6.10 Å². The van der Waals surface area contributed by atoms with Crippen LogP contribution in [0.2, 0.25) is 0 Å². The topological polar surface area (TPSA) is 67.3 Å². The molecule has 6 nitrogen and oxygen atoms in total. The van der Waals surface area contributed by atoms with E-state index < -0.39 is 11.2 Å². The Kier molecular flexibility index (Phi) is 4.36. The molecule has 1 fully saturated rings. The molecule has 2 heterocycles. The lowest BCUT2D eigenvalue weighted by molar-refractivity contribution is -0.0349. The molecule has 0 aliphatic carbocycles. The van der Waals surface area contributed by atoms with Gasteiger partial charge in [-0.2, -0.15) is 0 Å². The molecule has 2 rings (SSSR count). The standard InChI is InChI=1S/C11H16BrN3O3/c1-2-14-3-4-18-8(5-14)6-15-7-9(12)10(16)13-11(15)17/h7-8H,2-6H2,1H3,(H,13,16,17). The monoisotopic (exact) mass is 317 g/mol. The molecule has 1 atom stereocenters. The van der Waals surface area contributed by atoms with E-state index in [0.29, 0.717) is 17.6 Å². The highest BCUT2D eigenvalue weighted by molar-refractivity contribution is 9.10. The number of H-pyrrole nitrogens is 1. The SMILES string of the molecule is CCN1CCOC(Cn2cc(Br)c(=O)[nH]c2=O)C1. The van der Waals surface area contributed by atoms with Crippen molar-refractivity contribution >= 4 is 15.9 Å². The lowest BCUT2D eigenvalue weighted by Gasteiger charge is -2.32. The predicted octanol–water partition coefficient (Wildman–Crippen LogP) is 0.0198. The van der Waals surface area contributed by atoms with Gasteiger partial charge in [-0.25, -0.2) is 4.79 Å². The summed E-state index contributed by atoms with van der Waals surface area (Å²) in [7, 11) is 0. The Labute approximate surface area is 113 Å². The first-order chi connectivity index (χ1) is 8.60. The normalized spacial score (nSPS) is 21.1. The molecule has 0 amide bonds. The quantitative estimate of drug-likeness (QED) is 0.853. The van der Waals surface area contributed by atoms with Crippen LogP contribution in [0.1, 0.15) is 6.92 Å². The third-order valence-corrected chi connectivity index (χ3v) is 3.60. The molecule has 0 spiro atoms. The summed E-state index contributed by atoms with van der Waals surface area (Å²) < 4.78 is 7.45. The second-order valence-corrected chi connectivity index (χ2v) is 5.13. The molecule has 18 heavy (non-hydrogen) atoms. The summed E-state index contributed by atoms with van der Waals surface area (Å²) in [5.41, 5.74) is -0.809. The van der Waals surface area contributed by atoms with E-state index in [1.54, 1.807) is 0 Å². The van der Waals surface area contributed by atoms with E-state index in [4.69, 9.17) is 4.74 Å². The van der Waals surface area contributed by atoms with E-state index in [0.717, 1.165) is 19.6 Å². The van der Waals surface area contributed by atoms with Crippen molar-refractivity contribution in [2.75, 3.05) is 26.2 Å². The zero-order valence-electron chi connectivity index (χ0n) is 10.2. The maximum absolute atomic E-state index is 11.6. The fraction of sp³-hybridized carbons (Fsp3) is 0.636. The van der Waals surface area contributed by atoms with Crippen LogP contribution in [0.5, 0.6) is 0 Å². The second-order valence-electron chi connectivity index (χ2n) is 4.27. The van der Waals surface area contributed by atoms with Gasteiger partial charge >= 0.3 is 5.69 Å². The van der Waals surface area contributed by atoms with Crippen LogP contribution in [0.15, 0.2) is 20.3 Å². The summed E-state index contributed by atoms with van der Waals surface area (Å²) >= 11 is 3.12. The molecule has 1 aromatic heterocycles. The highest BCUT2D eigenvalue weighted by Crippen LogP contribution is 2.07. The zero-order chi connectivity index (χ0) is 13.1. The molecule has 1 aliphatic heterocycles. The van der Waals surface area contributed by atoms with Gasteiger partial charge in [0.15, 0.2) is 0 Å². The molecule has 1 N–H and O–H groups in total. The van der Waals surface area contributed by atoms with Crippen LogP contribution in [0.3, 0.4) is 0 Å². The average molecular weight is 318 g/mol. The van der Waals surface area contributed by atoms with Crippen LogP contribution in [0.4, 0.5) is 0 Å². The van der Waals surface area contributed by atoms with Crippen molar-refractivity contribution in [3.63, 3.8) is 0 Å². The van der Waals surface area contributed by atoms with E-state index in [1.807, 2.05) is 0 Å². The first-order valence-electron chi connectivity index (χ1n) is 5.93. The Bertz CT molecular complexity index is 525. The number of aromatic nitrogens is 2. The first kappa shape index (κ1) is 13.5. The number of rotatable bonds is 3. The van der Waals surface area contributed by atoms with Crippen LogP contribution < -0.4 is 11.2 Å². The summed E-state index contributed by atoms with van der Waals surface area (Å²) in [6, 6.07) is 0. The van der Waals surface area contributed by atoms with Crippen molar-refractivity contribution < 1.29 is 4.74 Å². The van der Waals surface area contributed by atoms with Crippen molar-refractivity contribution in [1.82, 2.24) is 14.5 Å². The lowest BCUT2D eigenvalue weighted by Crippen LogP contribution is -2.45. The number of nitrogens with one attached hydrogen (secondary N) is 1. The van der Waals surface area contributed by atoms with Crippen LogP contribution in [-0.2, 0) is 11.3 Å². The maximum atomic E-state index is 11.6. The number of morpholine rings is 1. The highest BCUT2D eigenvalue weighted by Gasteiger charge is 2.20. The molecule has 1 aromatic rings. The number of hydrogen-bond donors (Lipinski definition) is 1. The Morgan fingerprint density at radius 3 is 3.06 bits per heavy atom. The molecule has 0 radical (unpaired) electrons. The number of ether oxygens (including phenoxy) is 1. The Morgan fingerprint density at radius 2 is 2.33 bits per heavy atom. The van der Waals surface area contributed by atoms with Gasteiger partial charge in [-0.3, -0.25) is 19.2 Å². The van der Waals surface area contributed by atoms with E-state index >= 15 is 0 Å². The lowest BCUT2D eigenvalue weighted by atomic mass is 10.2. The molecule has 1 unspecified atom stereocenters. The van der Waals surface area contributed by atoms with Gasteiger partial charge in [0, 0.05) is 19.3 Å². The summed E-state index contributed by atoms with van der Waals surface area (Å²) in [6.07, 6.45) is 1.49. The molecule has 0 saturated carbocycles. The van der Waals surface area contributed by atoms with Crippen molar-refractivity contribution in [2.24, 2.45) is 0 Å². The largest absolute Gasteiger partial charge is 0.374 e. The van der Waals surface area contributed by atoms with Crippen molar-refractivity contribution in [3.8, 4) is 0 Å². The third-order valence-electron chi connectivity index (χ3n) is 3.04. The summed E-state index contributed by atoms with van der Waals surface area (Å²) in [4.78, 5) is 27.4. The van der Waals surface area contributed by atoms with Gasteiger partial charge in [-0.1, -0.05) is 6.92 Å². The number of halogens is 1. The fourth-order valence-electron chi connectivity index (χ4n) is 2.02. The van der Waals surface area contributed by atoms with Crippen LogP contribution in [-0.4, -0.2) is 46.8 Å². The van der Waals surface area contributed by atoms with Gasteiger partial charge in [0.05, 0.1) is 23.7 Å². The van der Waals surface area contributed by atoms with Crippen molar-refractivity contribution in [1.29, 1.82) is 0 Å². The second kappa shape index (κ2) is 5.81. The Hall–Kier alpha value is -0.920. The minimum atomic E-state index is -0.406. The Morgan fingerprint density at radius 1 is 1.56 bits per heavy atom. The predicted molar refractivity (Wildman–Crippen MR) is 70.9 cm³/mol. The number of likely N-dealkylation sites (N-methyl/N-ethyl adjacent to an activating group) is 1. The van der Waals surface area contributed by atoms with E-state index in [9.17, 15) is 9.59 Å². The van der Waals surface area contributed by atoms with Crippen LogP contribution >= 0.6 is 15.9 Å². The Balaban J connectivity index is 2.12. The maximum Gasteiger partial charge on any atom is 0.328 e. The molecular formula is C11H16BrN3O3. The van der Waals surface area contributed by atoms with E-state index in [2.05, 4.69) is 32.7 Å². The number of aromatic amines is 1. The smallest absolute Gasteiger partial charge is 0.328 e. The van der Waals surface area contributed by atoms with Crippen molar-refractivity contribution in [3.05, 3.63) is 31.5 Å². The van der Waals surface area contributed by atoms with Crippen molar-refractivity contribution in [2.45, 2.75) is 19.6 Å². The number of hydrogen-bond acceptors (Lipinski definition) is 4. The average Bonchev–Trinajstić information content (AvgIpc) is 2.36. The van der Waals surface area contributed by atoms with Gasteiger partial charge in [0.25, 0.3) is 5.56 Å². The molecule has 7 heteroatoms.